The van der Waals surface area contributed by atoms with Gasteiger partial charge in [0.2, 0.25) is 5.88 Å². The van der Waals surface area contributed by atoms with Crippen LogP contribution in [0.1, 0.15) is 27.2 Å². The molecule has 1 aromatic carbocycles. The minimum atomic E-state index is -3.05. The van der Waals surface area contributed by atoms with Crippen molar-refractivity contribution >= 4 is 17.0 Å². The molecule has 0 radical (unpaired) electrons. The summed E-state index contributed by atoms with van der Waals surface area (Å²) in [4.78, 5) is 17.7. The molecule has 5 nitrogen and oxygen atoms in total. The first-order valence-electron chi connectivity index (χ1n) is 8.52. The first kappa shape index (κ1) is 18.4. The Morgan fingerprint density at radius 2 is 1.96 bits per heavy atom. The molecule has 3 rings (SSSR count). The minimum absolute atomic E-state index is 0.0765. The van der Waals surface area contributed by atoms with E-state index in [1.807, 2.05) is 18.2 Å². The molecule has 1 aromatic heterocycles. The van der Waals surface area contributed by atoms with Gasteiger partial charge in [-0.15, -0.1) is 0 Å². The number of ether oxygens (including phenoxy) is 2. The van der Waals surface area contributed by atoms with Crippen molar-refractivity contribution in [3.63, 3.8) is 0 Å². The third kappa shape index (κ3) is 4.20. The Labute approximate surface area is 150 Å². The molecule has 2 heterocycles. The van der Waals surface area contributed by atoms with Gasteiger partial charge in [-0.2, -0.15) is 0 Å². The molecule has 0 aliphatic carbocycles. The Bertz CT molecular complexity index is 805. The number of alkyl halides is 2. The van der Waals surface area contributed by atoms with E-state index in [1.54, 1.807) is 39.0 Å². The van der Waals surface area contributed by atoms with Crippen molar-refractivity contribution in [2.45, 2.75) is 44.8 Å². The number of halogens is 2. The molecule has 0 N–H and O–H groups in total. The largest absolute Gasteiger partial charge is 0.466 e. The van der Waals surface area contributed by atoms with Crippen LogP contribution in [0.15, 0.2) is 36.4 Å². The Hall–Kier alpha value is -2.44. The zero-order chi connectivity index (χ0) is 18.9. The van der Waals surface area contributed by atoms with Gasteiger partial charge in [0.15, 0.2) is 6.10 Å². The average Bonchev–Trinajstić information content (AvgIpc) is 2.55. The molecule has 140 valence electrons. The van der Waals surface area contributed by atoms with Crippen LogP contribution in [0.5, 0.6) is 5.88 Å². The molecule has 1 aliphatic heterocycles. The van der Waals surface area contributed by atoms with Gasteiger partial charge in [0.25, 0.3) is 5.92 Å². The van der Waals surface area contributed by atoms with Gasteiger partial charge in [-0.05, 0) is 32.9 Å². The van der Waals surface area contributed by atoms with Crippen LogP contribution < -0.4 is 4.74 Å². The van der Waals surface area contributed by atoms with E-state index >= 15 is 0 Å². The number of carbonyl (C=O) groups excluding carboxylic acids is 1. The summed E-state index contributed by atoms with van der Waals surface area (Å²) in [5.41, 5.74) is -0.0269. The molecule has 1 saturated heterocycles. The van der Waals surface area contributed by atoms with Gasteiger partial charge < -0.3 is 14.4 Å². The summed E-state index contributed by atoms with van der Waals surface area (Å²) in [6, 6.07) is 10.7. The van der Waals surface area contributed by atoms with Crippen molar-refractivity contribution in [1.82, 2.24) is 9.88 Å². The number of rotatable bonds is 2. The van der Waals surface area contributed by atoms with Crippen molar-refractivity contribution in [2.75, 3.05) is 13.1 Å². The summed E-state index contributed by atoms with van der Waals surface area (Å²) < 4.78 is 39.4. The highest BCUT2D eigenvalue weighted by Crippen LogP contribution is 2.32. The van der Waals surface area contributed by atoms with E-state index in [0.717, 1.165) is 5.39 Å². The molecule has 1 amide bonds. The number of aromatic nitrogens is 1. The van der Waals surface area contributed by atoms with Gasteiger partial charge in [0.1, 0.15) is 5.60 Å². The van der Waals surface area contributed by atoms with E-state index in [0.29, 0.717) is 5.52 Å². The van der Waals surface area contributed by atoms with Gasteiger partial charge in [-0.3, -0.25) is 0 Å². The Morgan fingerprint density at radius 1 is 1.23 bits per heavy atom. The monoisotopic (exact) mass is 364 g/mol. The highest BCUT2D eigenvalue weighted by molar-refractivity contribution is 5.78. The lowest BCUT2D eigenvalue weighted by Gasteiger charge is -2.38. The van der Waals surface area contributed by atoms with Gasteiger partial charge in [0, 0.05) is 24.4 Å². The lowest BCUT2D eigenvalue weighted by molar-refractivity contribution is -0.135. The van der Waals surface area contributed by atoms with Crippen LogP contribution in [0, 0.1) is 0 Å². The fourth-order valence-corrected chi connectivity index (χ4v) is 2.74. The number of likely N-dealkylation sites (tertiary alicyclic amines) is 1. The zero-order valence-electron chi connectivity index (χ0n) is 15.0. The number of piperidine rings is 1. The van der Waals surface area contributed by atoms with Crippen molar-refractivity contribution in [3.05, 3.63) is 36.4 Å². The Kier molecular flexibility index (Phi) is 4.73. The highest BCUT2D eigenvalue weighted by Gasteiger charge is 2.48. The van der Waals surface area contributed by atoms with Crippen LogP contribution >= 0.6 is 0 Å². The van der Waals surface area contributed by atoms with Gasteiger partial charge >= 0.3 is 6.09 Å². The lowest BCUT2D eigenvalue weighted by atomic mass is 10.0. The third-order valence-electron chi connectivity index (χ3n) is 4.06. The van der Waals surface area contributed by atoms with Crippen LogP contribution in [0.4, 0.5) is 13.6 Å². The molecule has 0 bridgehead atoms. The predicted octanol–water partition coefficient (Wildman–Crippen LogP) is 4.26. The molecule has 2 aromatic rings. The molecule has 0 unspecified atom stereocenters. The van der Waals surface area contributed by atoms with Gasteiger partial charge in [-0.1, -0.05) is 18.2 Å². The number of benzene rings is 1. The quantitative estimate of drug-likeness (QED) is 0.799. The number of carbonyl (C=O) groups is 1. The first-order valence-corrected chi connectivity index (χ1v) is 8.52. The summed E-state index contributed by atoms with van der Waals surface area (Å²) in [6.45, 7) is 4.87. The number of pyridine rings is 1. The molecule has 0 saturated carbocycles. The van der Waals surface area contributed by atoms with E-state index in [9.17, 15) is 13.6 Å². The van der Waals surface area contributed by atoms with Crippen molar-refractivity contribution in [2.24, 2.45) is 0 Å². The van der Waals surface area contributed by atoms with Gasteiger partial charge in [0.05, 0.1) is 12.1 Å². The van der Waals surface area contributed by atoms with E-state index in [-0.39, 0.29) is 19.0 Å². The maximum Gasteiger partial charge on any atom is 0.410 e. The second-order valence-corrected chi connectivity index (χ2v) is 7.39. The topological polar surface area (TPSA) is 51.7 Å². The molecule has 26 heavy (non-hydrogen) atoms. The van der Waals surface area contributed by atoms with Crippen LogP contribution in [0.25, 0.3) is 10.9 Å². The number of hydrogen-bond acceptors (Lipinski definition) is 4. The fraction of sp³-hybridized carbons (Fsp3) is 0.474. The van der Waals surface area contributed by atoms with Crippen LogP contribution in [-0.2, 0) is 4.74 Å². The molecular formula is C19H22F2N2O3. The van der Waals surface area contributed by atoms with E-state index < -0.39 is 30.1 Å². The van der Waals surface area contributed by atoms with Crippen molar-refractivity contribution in [3.8, 4) is 5.88 Å². The third-order valence-corrected chi connectivity index (χ3v) is 4.06. The molecule has 1 aliphatic rings. The molecule has 7 heteroatoms. The zero-order valence-corrected chi connectivity index (χ0v) is 15.0. The Morgan fingerprint density at radius 3 is 2.69 bits per heavy atom. The smallest absolute Gasteiger partial charge is 0.410 e. The first-order chi connectivity index (χ1) is 12.1. The molecule has 0 spiro atoms. The van der Waals surface area contributed by atoms with Gasteiger partial charge in [-0.25, -0.2) is 18.6 Å². The van der Waals surface area contributed by atoms with Crippen molar-refractivity contribution < 1.29 is 23.0 Å². The summed E-state index contributed by atoms with van der Waals surface area (Å²) >= 11 is 0. The van der Waals surface area contributed by atoms with E-state index in [1.165, 1.54) is 4.90 Å². The van der Waals surface area contributed by atoms with Crippen LogP contribution in [0.2, 0.25) is 0 Å². The highest BCUT2D eigenvalue weighted by atomic mass is 19.3. The second-order valence-electron chi connectivity index (χ2n) is 7.39. The summed E-state index contributed by atoms with van der Waals surface area (Å²) in [5, 5.41) is 0.894. The van der Waals surface area contributed by atoms with Crippen molar-refractivity contribution in [1.29, 1.82) is 0 Å². The van der Waals surface area contributed by atoms with Crippen LogP contribution in [-0.4, -0.2) is 46.7 Å². The maximum absolute atomic E-state index is 14.3. The number of amides is 1. The molecule has 1 atom stereocenters. The number of hydrogen-bond donors (Lipinski definition) is 0. The van der Waals surface area contributed by atoms with Crippen LogP contribution in [0.3, 0.4) is 0 Å². The number of nitrogens with zero attached hydrogens (tertiary/aromatic N) is 2. The standard InChI is InChI=1S/C19H22F2N2O3/c1-18(2,3)26-17(24)23-11-10-19(20,21)15(12-23)25-16-9-8-13-6-4-5-7-14(13)22-16/h4-9,15H,10-12H2,1-3H3/t15-/m0/s1. The number of para-hydroxylation sites is 1. The fourth-order valence-electron chi connectivity index (χ4n) is 2.74. The molecule has 1 fully saturated rings. The van der Waals surface area contributed by atoms with E-state index in [2.05, 4.69) is 4.98 Å². The SMILES string of the molecule is CC(C)(C)OC(=O)N1CCC(F)(F)[C@@H](Oc2ccc3ccccc3n2)C1. The summed E-state index contributed by atoms with van der Waals surface area (Å²) in [5.74, 6) is -2.94. The molecular weight excluding hydrogens is 342 g/mol. The lowest BCUT2D eigenvalue weighted by Crippen LogP contribution is -2.55. The average molecular weight is 364 g/mol. The normalized spacial score (nSPS) is 20.0. The summed E-state index contributed by atoms with van der Waals surface area (Å²) in [6.07, 6.45) is -2.57. The predicted molar refractivity (Wildman–Crippen MR) is 93.5 cm³/mol. The minimum Gasteiger partial charge on any atom is -0.466 e. The summed E-state index contributed by atoms with van der Waals surface area (Å²) in [7, 11) is 0. The Balaban J connectivity index is 1.76. The number of fused-ring (bicyclic) bond motifs is 1. The second kappa shape index (κ2) is 6.70. The van der Waals surface area contributed by atoms with E-state index in [4.69, 9.17) is 9.47 Å². The maximum atomic E-state index is 14.3.